The van der Waals surface area contributed by atoms with E-state index in [1.165, 1.54) is 23.4 Å². The van der Waals surface area contributed by atoms with Crippen LogP contribution in [-0.2, 0) is 67.9 Å². The van der Waals surface area contributed by atoms with Crippen LogP contribution in [0, 0.1) is 29.6 Å². The van der Waals surface area contributed by atoms with Gasteiger partial charge < -0.3 is 48.1 Å². The van der Waals surface area contributed by atoms with Crippen LogP contribution < -0.4 is 31.4 Å². The molecule has 5 heterocycles. The third-order valence-electron chi connectivity index (χ3n) is 19.2. The van der Waals surface area contributed by atoms with Crippen LogP contribution in [-0.4, -0.2) is 135 Å². The van der Waals surface area contributed by atoms with Crippen molar-refractivity contribution in [2.75, 3.05) is 52.6 Å². The lowest BCUT2D eigenvalue weighted by Gasteiger charge is -2.37. The highest BCUT2D eigenvalue weighted by molar-refractivity contribution is 7.48. The quantitative estimate of drug-likeness (QED) is 0.0142. The number of imidazole rings is 1. The Morgan fingerprint density at radius 1 is 0.709 bits per heavy atom. The maximum atomic E-state index is 15.8. The maximum Gasteiger partial charge on any atom is 0.475 e. The molecule has 2 fully saturated rings. The van der Waals surface area contributed by atoms with Gasteiger partial charge in [-0.3, -0.25) is 46.9 Å². The number of methoxy groups -OCH3 is 2. The number of nitrogens with zero attached hydrogens (tertiary/aromatic N) is 8. The number of ether oxygens (including phenoxy) is 6. The van der Waals surface area contributed by atoms with Crippen LogP contribution in [0.1, 0.15) is 140 Å². The molecule has 110 heavy (non-hydrogen) atoms. The average Bonchev–Trinajstić information content (AvgIpc) is 1.44. The standard InChI is InChI=1S/C80H87N11O17P2/c1-51(2)91(52(3)4)109(102-40-16-38-81)107-66-42-71(89-45-53(5)77(94)88-79(89)96)106-69(66)48-104-110(97,103-41-17-39-82)108-67-43-72(105-68(67)47-101-80(56-18-9-8-10-19-56,57-30-34-59(98-6)35-31-57)58-32-36-60(99-7)37-33-58)90-50-86-74-75(84-49-85-76(74)90)87-78(95)55-28-26-54(27-29-55)44-83-70(92)24-15-25-73(93)100-46-65-63-22-13-11-20-61(63)62-21-12-14-23-64(62)65/h8-14,18-23,26-37,45,49-52,65-69,71-72H,15-17,24-25,40-44,46-48H2,1-7H3,(H,83,92)(H,88,94,96)(H,84,85,87,95)/t66-,67-,68-,69-,71-,72-,109?,110?/m1/s1. The second kappa shape index (κ2) is 36.6. The van der Waals surface area contributed by atoms with Gasteiger partial charge in [-0.15, -0.1) is 0 Å². The summed E-state index contributed by atoms with van der Waals surface area (Å²) in [4.78, 5) is 82.2. The van der Waals surface area contributed by atoms with Gasteiger partial charge in [0.25, 0.3) is 20.0 Å². The second-order valence-corrected chi connectivity index (χ2v) is 30.1. The number of aromatic amines is 1. The van der Waals surface area contributed by atoms with Gasteiger partial charge in [0.1, 0.15) is 60.8 Å². The molecule has 8 atom stereocenters. The van der Waals surface area contributed by atoms with E-state index in [0.29, 0.717) is 29.0 Å². The van der Waals surface area contributed by atoms with Crippen molar-refractivity contribution in [2.24, 2.45) is 0 Å². The fraction of sp³-hybridized carbons (Fsp3) is 0.375. The highest BCUT2D eigenvalue weighted by Gasteiger charge is 2.49. The minimum absolute atomic E-state index is 0.0102. The minimum atomic E-state index is -4.90. The Kier molecular flexibility index (Phi) is 26.4. The predicted molar refractivity (Wildman–Crippen MR) is 406 cm³/mol. The third-order valence-corrected chi connectivity index (χ3v) is 22.9. The number of hydrogen-bond acceptors (Lipinski definition) is 23. The Bertz CT molecular complexity index is 4840. The van der Waals surface area contributed by atoms with Crippen molar-refractivity contribution in [1.82, 2.24) is 39.1 Å². The molecule has 574 valence electrons. The number of amides is 2. The van der Waals surface area contributed by atoms with Crippen molar-refractivity contribution in [3.63, 3.8) is 0 Å². The van der Waals surface area contributed by atoms with E-state index in [0.717, 1.165) is 33.4 Å². The zero-order valence-electron chi connectivity index (χ0n) is 62.0. The van der Waals surface area contributed by atoms with Gasteiger partial charge in [-0.2, -0.15) is 10.5 Å². The molecule has 12 rings (SSSR count). The number of nitrogens with one attached hydrogen (secondary N) is 3. The normalized spacial score (nSPS) is 18.3. The van der Waals surface area contributed by atoms with E-state index in [1.807, 2.05) is 142 Å². The molecule has 6 aromatic carbocycles. The SMILES string of the molecule is COc1ccc(C(OC[C@H]2O[C@@H](n3cnc4c(NC(=O)c5ccc(CNC(=O)CCCC(=O)OCC6c7ccccc7-c7ccccc76)cc5)ncnc43)C[C@H]2OP(=O)(OCCC#N)OC[C@H]2O[C@@H](n3cc(C)c(=O)[nH]c3=O)C[C@H]2OP(OCCC#N)N(C(C)C)C(C)C)(c2ccccc2)c2ccc(OC)cc2)cc1. The van der Waals surface area contributed by atoms with Crippen molar-refractivity contribution < 1.29 is 70.0 Å². The summed E-state index contributed by atoms with van der Waals surface area (Å²) in [6.45, 7) is 8.63. The van der Waals surface area contributed by atoms with Crippen molar-refractivity contribution in [3.05, 3.63) is 236 Å². The smallest absolute Gasteiger partial charge is 0.475 e. The molecule has 30 heteroatoms. The summed E-state index contributed by atoms with van der Waals surface area (Å²) in [6.07, 6.45) is -2.17. The number of rotatable bonds is 36. The highest BCUT2D eigenvalue weighted by atomic mass is 31.2. The number of carbonyl (C=O) groups excluding carboxylic acids is 3. The molecule has 2 amide bonds. The van der Waals surface area contributed by atoms with E-state index in [9.17, 15) is 34.5 Å². The second-order valence-electron chi connectivity index (χ2n) is 27.1. The fourth-order valence-corrected chi connectivity index (χ4v) is 17.0. The van der Waals surface area contributed by atoms with Gasteiger partial charge >= 0.3 is 19.5 Å². The summed E-state index contributed by atoms with van der Waals surface area (Å²) in [5.74, 6) is 0.0402. The first-order valence-electron chi connectivity index (χ1n) is 36.3. The van der Waals surface area contributed by atoms with E-state index >= 15 is 4.57 Å². The first-order valence-corrected chi connectivity index (χ1v) is 38.9. The number of anilines is 1. The predicted octanol–water partition coefficient (Wildman–Crippen LogP) is 12.8. The molecule has 2 saturated heterocycles. The molecule has 0 saturated carbocycles. The lowest BCUT2D eigenvalue weighted by molar-refractivity contribution is -0.144. The van der Waals surface area contributed by atoms with Crippen molar-refractivity contribution in [1.29, 1.82) is 10.5 Å². The molecule has 1 aliphatic carbocycles. The molecule has 28 nitrogen and oxygen atoms in total. The van der Waals surface area contributed by atoms with Crippen molar-refractivity contribution in [3.8, 4) is 34.8 Å². The highest BCUT2D eigenvalue weighted by Crippen LogP contribution is 2.56. The number of hydrogen-bond donors (Lipinski definition) is 3. The number of H-pyrrole nitrogens is 1. The van der Waals surface area contributed by atoms with Crippen LogP contribution in [0.15, 0.2) is 180 Å². The van der Waals surface area contributed by atoms with Gasteiger partial charge in [0.05, 0.1) is 78.1 Å². The topological polar surface area (TPSA) is 343 Å². The maximum absolute atomic E-state index is 15.8. The lowest BCUT2D eigenvalue weighted by atomic mass is 9.80. The molecule has 2 unspecified atom stereocenters. The Labute approximate surface area is 637 Å². The van der Waals surface area contributed by atoms with Gasteiger partial charge in [-0.1, -0.05) is 115 Å². The van der Waals surface area contributed by atoms with Crippen LogP contribution in [0.25, 0.3) is 22.3 Å². The monoisotopic (exact) mass is 1540 g/mol. The van der Waals surface area contributed by atoms with E-state index in [2.05, 4.69) is 55.9 Å². The van der Waals surface area contributed by atoms with E-state index in [4.69, 9.17) is 56.0 Å². The molecule has 3 aliphatic rings. The van der Waals surface area contributed by atoms with Gasteiger partial charge in [0, 0.05) is 67.6 Å². The molecular weight excluding hydrogens is 1450 g/mol. The first kappa shape index (κ1) is 79.4. The minimum Gasteiger partial charge on any atom is -0.497 e. The molecule has 0 spiro atoms. The zero-order valence-corrected chi connectivity index (χ0v) is 63.8. The third kappa shape index (κ3) is 18.5. The van der Waals surface area contributed by atoms with E-state index in [1.54, 1.807) is 50.0 Å². The summed E-state index contributed by atoms with van der Waals surface area (Å²) >= 11 is 0. The molecule has 3 N–H and O–H groups in total. The molecule has 9 aromatic rings. The summed E-state index contributed by atoms with van der Waals surface area (Å²) in [7, 11) is -3.69. The Morgan fingerprint density at radius 2 is 1.31 bits per heavy atom. The largest absolute Gasteiger partial charge is 0.497 e. The fourth-order valence-electron chi connectivity index (χ4n) is 13.9. The van der Waals surface area contributed by atoms with Crippen LogP contribution in [0.3, 0.4) is 0 Å². The number of nitriles is 2. The number of phosphoric ester groups is 1. The summed E-state index contributed by atoms with van der Waals surface area (Å²) in [5.41, 5.74) is 5.52. The number of benzene rings is 6. The number of carbonyl (C=O) groups is 3. The number of phosphoric acid groups is 1. The summed E-state index contributed by atoms with van der Waals surface area (Å²) < 4.78 is 91.1. The number of esters is 1. The van der Waals surface area contributed by atoms with Crippen LogP contribution in [0.2, 0.25) is 0 Å². The molecule has 2 aliphatic heterocycles. The Morgan fingerprint density at radius 3 is 1.95 bits per heavy atom. The van der Waals surface area contributed by atoms with Crippen molar-refractivity contribution in [2.45, 2.75) is 147 Å². The van der Waals surface area contributed by atoms with Gasteiger partial charge in [0.2, 0.25) is 5.91 Å². The number of aryl methyl sites for hydroxylation is 1. The first-order chi connectivity index (χ1) is 53.3. The Hall–Kier alpha value is -10.2. The van der Waals surface area contributed by atoms with Gasteiger partial charge in [-0.25, -0.2) is 29.0 Å². The van der Waals surface area contributed by atoms with Crippen LogP contribution in [0.4, 0.5) is 5.82 Å². The molecule has 3 aromatic heterocycles. The van der Waals surface area contributed by atoms with E-state index in [-0.39, 0.29) is 123 Å². The number of fused-ring (bicyclic) bond motifs is 4. The van der Waals surface area contributed by atoms with Gasteiger partial charge in [0.15, 0.2) is 17.0 Å². The van der Waals surface area contributed by atoms with Crippen LogP contribution in [0.5, 0.6) is 11.5 Å². The Balaban J connectivity index is 0.785. The summed E-state index contributed by atoms with van der Waals surface area (Å²) in [6, 6.07) is 51.3. The number of aromatic nitrogens is 6. The lowest BCUT2D eigenvalue weighted by Crippen LogP contribution is -2.38. The van der Waals surface area contributed by atoms with E-state index < -0.39 is 89.2 Å². The molecular formula is C80H87N11O17P2. The van der Waals surface area contributed by atoms with Crippen LogP contribution >= 0.6 is 16.3 Å². The zero-order chi connectivity index (χ0) is 77.5. The average molecular weight is 1540 g/mol. The molecule has 0 bridgehead atoms. The summed E-state index contributed by atoms with van der Waals surface area (Å²) in [5, 5.41) is 25.1. The van der Waals surface area contributed by atoms with Crippen molar-refractivity contribution >= 4 is 51.1 Å². The molecule has 0 radical (unpaired) electrons. The van der Waals surface area contributed by atoms with Gasteiger partial charge in [-0.05, 0) is 122 Å².